The molecule has 1 saturated heterocycles. The van der Waals surface area contributed by atoms with Gasteiger partial charge in [-0.2, -0.15) is 5.26 Å². The number of rotatable bonds is 4. The third-order valence-corrected chi connectivity index (χ3v) is 4.63. The number of pyridine rings is 1. The molecule has 21 heavy (non-hydrogen) atoms. The second-order valence-corrected chi connectivity index (χ2v) is 6.43. The van der Waals surface area contributed by atoms with E-state index in [2.05, 4.69) is 27.3 Å². The molecule has 0 radical (unpaired) electrons. The molecule has 1 aromatic rings. The summed E-state index contributed by atoms with van der Waals surface area (Å²) >= 11 is 0. The van der Waals surface area contributed by atoms with Gasteiger partial charge in [-0.25, -0.2) is 0 Å². The third-order valence-electron chi connectivity index (χ3n) is 4.63. The molecule has 0 amide bonds. The molecule has 0 spiro atoms. The van der Waals surface area contributed by atoms with E-state index in [0.29, 0.717) is 6.04 Å². The molecule has 1 aliphatic heterocycles. The van der Waals surface area contributed by atoms with Crippen LogP contribution in [0.3, 0.4) is 0 Å². The number of nitriles is 1. The molecule has 2 fully saturated rings. The van der Waals surface area contributed by atoms with Crippen LogP contribution < -0.4 is 10.2 Å². The third kappa shape index (κ3) is 3.19. The molecule has 4 heteroatoms. The summed E-state index contributed by atoms with van der Waals surface area (Å²) in [5.74, 6) is 0.743. The Morgan fingerprint density at radius 3 is 2.62 bits per heavy atom. The summed E-state index contributed by atoms with van der Waals surface area (Å²) in [5, 5.41) is 13.0. The van der Waals surface area contributed by atoms with Crippen LogP contribution in [0.2, 0.25) is 0 Å². The van der Waals surface area contributed by atoms with E-state index < -0.39 is 0 Å². The Kier molecular flexibility index (Phi) is 4.12. The van der Waals surface area contributed by atoms with Crippen molar-refractivity contribution in [2.75, 3.05) is 24.5 Å². The topological polar surface area (TPSA) is 52.0 Å². The maximum Gasteiger partial charge on any atom is 0.103 e. The first kappa shape index (κ1) is 14.3. The first-order chi connectivity index (χ1) is 10.2. The molecule has 2 aliphatic rings. The minimum Gasteiger partial charge on any atom is -0.367 e. The smallest absolute Gasteiger partial charge is 0.103 e. The van der Waals surface area contributed by atoms with Crippen molar-refractivity contribution in [3.63, 3.8) is 0 Å². The first-order valence-corrected chi connectivity index (χ1v) is 8.04. The molecular weight excluding hydrogens is 260 g/mol. The highest BCUT2D eigenvalue weighted by Gasteiger charge is 2.33. The average Bonchev–Trinajstić information content (AvgIpc) is 3.30. The molecule has 3 rings (SSSR count). The quantitative estimate of drug-likeness (QED) is 0.923. The fourth-order valence-electron chi connectivity index (χ4n) is 3.35. The molecule has 4 nitrogen and oxygen atoms in total. The lowest BCUT2D eigenvalue weighted by molar-refractivity contribution is 0.372. The van der Waals surface area contributed by atoms with Gasteiger partial charge < -0.3 is 10.2 Å². The molecule has 0 bridgehead atoms. The lowest BCUT2D eigenvalue weighted by Gasteiger charge is -2.32. The van der Waals surface area contributed by atoms with Crippen LogP contribution in [0, 0.1) is 31.1 Å². The van der Waals surface area contributed by atoms with Crippen molar-refractivity contribution in [3.8, 4) is 6.07 Å². The normalized spacial score (nSPS) is 19.3. The fraction of sp³-hybridized carbons (Fsp3) is 0.647. The molecule has 2 heterocycles. The lowest BCUT2D eigenvalue weighted by atomic mass is 9.96. The molecule has 1 aliphatic carbocycles. The van der Waals surface area contributed by atoms with Gasteiger partial charge in [-0.1, -0.05) is 0 Å². The predicted octanol–water partition coefficient (Wildman–Crippen LogP) is 2.54. The van der Waals surface area contributed by atoms with Crippen LogP contribution in [0.1, 0.15) is 42.6 Å². The van der Waals surface area contributed by atoms with E-state index in [0.717, 1.165) is 48.2 Å². The van der Waals surface area contributed by atoms with Gasteiger partial charge in [0.15, 0.2) is 0 Å². The highest BCUT2D eigenvalue weighted by atomic mass is 15.2. The summed E-state index contributed by atoms with van der Waals surface area (Å²) in [4.78, 5) is 6.95. The Balaban J connectivity index is 1.88. The maximum absolute atomic E-state index is 9.52. The van der Waals surface area contributed by atoms with Gasteiger partial charge in [-0.15, -0.1) is 0 Å². The zero-order chi connectivity index (χ0) is 14.8. The van der Waals surface area contributed by atoms with Crippen LogP contribution in [0.25, 0.3) is 0 Å². The lowest BCUT2D eigenvalue weighted by Crippen LogP contribution is -2.37. The summed E-state index contributed by atoms with van der Waals surface area (Å²) in [6.07, 6.45) is 5.01. The highest BCUT2D eigenvalue weighted by Crippen LogP contribution is 2.36. The Morgan fingerprint density at radius 1 is 1.29 bits per heavy atom. The number of nitrogens with zero attached hydrogens (tertiary/aromatic N) is 3. The molecule has 1 saturated carbocycles. The molecule has 1 aromatic heterocycles. The van der Waals surface area contributed by atoms with Crippen LogP contribution in [0.4, 0.5) is 5.69 Å². The van der Waals surface area contributed by atoms with Gasteiger partial charge in [0.2, 0.25) is 0 Å². The number of hydrogen-bond acceptors (Lipinski definition) is 4. The Morgan fingerprint density at radius 2 is 2.00 bits per heavy atom. The van der Waals surface area contributed by atoms with E-state index in [-0.39, 0.29) is 0 Å². The van der Waals surface area contributed by atoms with Crippen molar-refractivity contribution in [1.29, 1.82) is 5.26 Å². The van der Waals surface area contributed by atoms with Gasteiger partial charge in [-0.3, -0.25) is 4.98 Å². The number of nitrogens with one attached hydrogen (secondary N) is 1. The molecule has 0 aromatic carbocycles. The zero-order valence-corrected chi connectivity index (χ0v) is 13.0. The molecular formula is C17H24N4. The maximum atomic E-state index is 9.52. The van der Waals surface area contributed by atoms with Crippen molar-refractivity contribution in [2.24, 2.45) is 5.92 Å². The Hall–Kier alpha value is -1.60. The number of hydrogen-bond donors (Lipinski definition) is 1. The van der Waals surface area contributed by atoms with Crippen LogP contribution in [-0.4, -0.2) is 30.7 Å². The summed E-state index contributed by atoms with van der Waals surface area (Å²) in [7, 11) is 0. The van der Waals surface area contributed by atoms with E-state index >= 15 is 0 Å². The van der Waals surface area contributed by atoms with Crippen LogP contribution in [0.5, 0.6) is 0 Å². The summed E-state index contributed by atoms with van der Waals surface area (Å²) in [6, 6.07) is 5.11. The number of aryl methyl sites for hydroxylation is 2. The van der Waals surface area contributed by atoms with Gasteiger partial charge >= 0.3 is 0 Å². The largest absolute Gasteiger partial charge is 0.367 e. The average molecular weight is 284 g/mol. The summed E-state index contributed by atoms with van der Waals surface area (Å²) < 4.78 is 0. The summed E-state index contributed by atoms with van der Waals surface area (Å²) in [6.45, 7) is 7.31. The van der Waals surface area contributed by atoms with Crippen molar-refractivity contribution in [3.05, 3.63) is 23.0 Å². The Bertz CT molecular complexity index is 551. The number of piperidine rings is 1. The Labute approximate surface area is 127 Å². The van der Waals surface area contributed by atoms with Crippen molar-refractivity contribution in [1.82, 2.24) is 10.3 Å². The van der Waals surface area contributed by atoms with E-state index in [1.807, 2.05) is 13.8 Å². The minimum atomic E-state index is 0.633. The molecule has 112 valence electrons. The second kappa shape index (κ2) is 6.03. The molecule has 0 unspecified atom stereocenters. The van der Waals surface area contributed by atoms with Crippen molar-refractivity contribution < 1.29 is 0 Å². The van der Waals surface area contributed by atoms with E-state index in [1.165, 1.54) is 25.7 Å². The fourth-order valence-corrected chi connectivity index (χ4v) is 3.35. The highest BCUT2D eigenvalue weighted by molar-refractivity contribution is 5.62. The predicted molar refractivity (Wildman–Crippen MR) is 84.4 cm³/mol. The van der Waals surface area contributed by atoms with Gasteiger partial charge in [0.1, 0.15) is 6.07 Å². The van der Waals surface area contributed by atoms with Crippen LogP contribution in [-0.2, 0) is 0 Å². The molecule has 0 atom stereocenters. The summed E-state index contributed by atoms with van der Waals surface area (Å²) in [5.41, 5.74) is 3.76. The van der Waals surface area contributed by atoms with E-state index in [9.17, 15) is 5.26 Å². The minimum absolute atomic E-state index is 0.633. The van der Waals surface area contributed by atoms with Gasteiger partial charge in [-0.05, 0) is 64.6 Å². The second-order valence-electron chi connectivity index (χ2n) is 6.43. The number of aromatic nitrogens is 1. The van der Waals surface area contributed by atoms with Crippen LogP contribution >= 0.6 is 0 Å². The van der Waals surface area contributed by atoms with Crippen LogP contribution in [0.15, 0.2) is 6.07 Å². The SMILES string of the molecule is Cc1cc(N(CC2CCNCC2)C2CC2)c(C#N)c(C)n1. The standard InChI is InChI=1S/C17H24N4/c1-12-9-17(16(10-18)13(2)20-12)21(15-3-4-15)11-14-5-7-19-8-6-14/h9,14-15,19H,3-8,11H2,1-2H3. The number of anilines is 1. The van der Waals surface area contributed by atoms with Gasteiger partial charge in [0, 0.05) is 18.3 Å². The first-order valence-electron chi connectivity index (χ1n) is 8.04. The monoisotopic (exact) mass is 284 g/mol. The molecule has 1 N–H and O–H groups in total. The van der Waals surface area contributed by atoms with Gasteiger partial charge in [0.25, 0.3) is 0 Å². The van der Waals surface area contributed by atoms with E-state index in [1.54, 1.807) is 0 Å². The van der Waals surface area contributed by atoms with Crippen molar-refractivity contribution >= 4 is 5.69 Å². The van der Waals surface area contributed by atoms with Gasteiger partial charge in [0.05, 0.1) is 16.9 Å². The van der Waals surface area contributed by atoms with E-state index in [4.69, 9.17) is 0 Å². The zero-order valence-electron chi connectivity index (χ0n) is 13.0. The van der Waals surface area contributed by atoms with Crippen molar-refractivity contribution in [2.45, 2.75) is 45.6 Å².